The molecule has 0 saturated carbocycles. The zero-order valence-electron chi connectivity index (χ0n) is 17.1. The van der Waals surface area contributed by atoms with Crippen LogP contribution in [0.3, 0.4) is 0 Å². The van der Waals surface area contributed by atoms with Crippen LogP contribution in [0.1, 0.15) is 96.8 Å². The van der Waals surface area contributed by atoms with Crippen LogP contribution in [0, 0.1) is 0 Å². The van der Waals surface area contributed by atoms with E-state index in [-0.39, 0.29) is 25.7 Å². The normalized spacial score (nSPS) is 11.3. The van der Waals surface area contributed by atoms with E-state index >= 15 is 0 Å². The average molecular weight is 370 g/mol. The standard InChI is InChI=1S/C22H43NO3/c1-2-3-4-5-6-7-8-9-10-11-12-13-14-15-16-17-18-23-22(25)21-26-20-19-24/h9-10,24H,2-8,11-21H2,1H3,(H,23,25)/b10-9-. The van der Waals surface area contributed by atoms with Gasteiger partial charge < -0.3 is 15.2 Å². The van der Waals surface area contributed by atoms with Gasteiger partial charge in [0.15, 0.2) is 0 Å². The first kappa shape index (κ1) is 25.1. The van der Waals surface area contributed by atoms with E-state index in [4.69, 9.17) is 9.84 Å². The quantitative estimate of drug-likeness (QED) is 0.230. The maximum Gasteiger partial charge on any atom is 0.245 e. The zero-order valence-corrected chi connectivity index (χ0v) is 17.1. The Labute approximate surface area is 161 Å². The molecule has 0 bridgehead atoms. The predicted molar refractivity (Wildman–Crippen MR) is 110 cm³/mol. The van der Waals surface area contributed by atoms with E-state index in [1.807, 2.05) is 0 Å². The monoisotopic (exact) mass is 369 g/mol. The number of hydrogen-bond acceptors (Lipinski definition) is 3. The summed E-state index contributed by atoms with van der Waals surface area (Å²) in [5.74, 6) is -0.0915. The van der Waals surface area contributed by atoms with Gasteiger partial charge in [0.25, 0.3) is 0 Å². The van der Waals surface area contributed by atoms with Crippen LogP contribution in [0.25, 0.3) is 0 Å². The van der Waals surface area contributed by atoms with E-state index in [1.54, 1.807) is 0 Å². The van der Waals surface area contributed by atoms with Crippen LogP contribution < -0.4 is 5.32 Å². The summed E-state index contributed by atoms with van der Waals surface area (Å²) < 4.78 is 4.96. The lowest BCUT2D eigenvalue weighted by atomic mass is 10.1. The number of hydrogen-bond donors (Lipinski definition) is 2. The molecule has 0 radical (unpaired) electrons. The SMILES string of the molecule is CCCCCCCC/C=C\CCCCCCCCNC(=O)COCCO. The molecule has 0 rings (SSSR count). The number of unbranched alkanes of at least 4 members (excludes halogenated alkanes) is 12. The molecule has 0 spiro atoms. The third kappa shape index (κ3) is 21.2. The minimum Gasteiger partial charge on any atom is -0.394 e. The van der Waals surface area contributed by atoms with Crippen molar-refractivity contribution in [1.82, 2.24) is 5.32 Å². The van der Waals surface area contributed by atoms with Crippen molar-refractivity contribution in [2.24, 2.45) is 0 Å². The fraction of sp³-hybridized carbons (Fsp3) is 0.864. The second kappa shape index (κ2) is 22.2. The molecule has 4 nitrogen and oxygen atoms in total. The van der Waals surface area contributed by atoms with Crippen molar-refractivity contribution in [3.8, 4) is 0 Å². The van der Waals surface area contributed by atoms with Crippen LogP contribution in [0.2, 0.25) is 0 Å². The molecule has 0 heterocycles. The van der Waals surface area contributed by atoms with E-state index in [0.29, 0.717) is 0 Å². The highest BCUT2D eigenvalue weighted by Gasteiger charge is 1.99. The van der Waals surface area contributed by atoms with Gasteiger partial charge in [0.05, 0.1) is 13.2 Å². The van der Waals surface area contributed by atoms with E-state index in [9.17, 15) is 4.79 Å². The molecular weight excluding hydrogens is 326 g/mol. The number of rotatable bonds is 20. The van der Waals surface area contributed by atoms with Crippen molar-refractivity contribution >= 4 is 5.91 Å². The van der Waals surface area contributed by atoms with Gasteiger partial charge in [-0.15, -0.1) is 0 Å². The molecule has 0 fully saturated rings. The molecule has 2 N–H and O–H groups in total. The molecule has 0 saturated heterocycles. The third-order valence-corrected chi connectivity index (χ3v) is 4.48. The van der Waals surface area contributed by atoms with Crippen LogP contribution in [-0.2, 0) is 9.53 Å². The summed E-state index contributed by atoms with van der Waals surface area (Å²) in [6.45, 7) is 3.22. The summed E-state index contributed by atoms with van der Waals surface area (Å²) in [5.41, 5.74) is 0. The minimum atomic E-state index is -0.0915. The number of carbonyl (C=O) groups is 1. The highest BCUT2D eigenvalue weighted by Crippen LogP contribution is 2.09. The number of carbonyl (C=O) groups excluding carboxylic acids is 1. The van der Waals surface area contributed by atoms with Gasteiger partial charge in [-0.1, -0.05) is 76.9 Å². The molecule has 0 aromatic heterocycles. The Morgan fingerprint density at radius 1 is 0.846 bits per heavy atom. The summed E-state index contributed by atoms with van der Waals surface area (Å²) >= 11 is 0. The Balaban J connectivity index is 3.14. The Morgan fingerprint density at radius 3 is 1.96 bits per heavy atom. The van der Waals surface area contributed by atoms with Gasteiger partial charge in [-0.05, 0) is 32.1 Å². The first-order valence-electron chi connectivity index (χ1n) is 10.9. The van der Waals surface area contributed by atoms with Crippen LogP contribution in [0.4, 0.5) is 0 Å². The van der Waals surface area contributed by atoms with Crippen molar-refractivity contribution in [2.45, 2.75) is 96.8 Å². The maximum absolute atomic E-state index is 11.4. The molecule has 0 aliphatic carbocycles. The largest absolute Gasteiger partial charge is 0.394 e. The van der Waals surface area contributed by atoms with Crippen molar-refractivity contribution < 1.29 is 14.6 Å². The van der Waals surface area contributed by atoms with E-state index in [0.717, 1.165) is 13.0 Å². The average Bonchev–Trinajstić information content (AvgIpc) is 2.64. The van der Waals surface area contributed by atoms with E-state index in [1.165, 1.54) is 83.5 Å². The van der Waals surface area contributed by atoms with Gasteiger partial charge in [-0.25, -0.2) is 0 Å². The fourth-order valence-electron chi connectivity index (χ4n) is 2.88. The second-order valence-corrected chi connectivity index (χ2v) is 7.06. The number of nitrogens with one attached hydrogen (secondary N) is 1. The molecule has 4 heteroatoms. The Kier molecular flexibility index (Phi) is 21.4. The molecular formula is C22H43NO3. The number of aliphatic hydroxyl groups is 1. The van der Waals surface area contributed by atoms with Gasteiger partial charge in [-0.3, -0.25) is 4.79 Å². The molecule has 154 valence electrons. The molecule has 0 aromatic rings. The zero-order chi connectivity index (χ0) is 19.1. The van der Waals surface area contributed by atoms with E-state index < -0.39 is 0 Å². The lowest BCUT2D eigenvalue weighted by Crippen LogP contribution is -2.28. The topological polar surface area (TPSA) is 58.6 Å². The molecule has 0 atom stereocenters. The number of allylic oxidation sites excluding steroid dienone is 2. The van der Waals surface area contributed by atoms with Gasteiger partial charge in [-0.2, -0.15) is 0 Å². The van der Waals surface area contributed by atoms with Crippen LogP contribution in [0.5, 0.6) is 0 Å². The van der Waals surface area contributed by atoms with Crippen molar-refractivity contribution in [1.29, 1.82) is 0 Å². The Morgan fingerprint density at radius 2 is 1.38 bits per heavy atom. The smallest absolute Gasteiger partial charge is 0.245 e. The van der Waals surface area contributed by atoms with Gasteiger partial charge in [0.2, 0.25) is 5.91 Å². The summed E-state index contributed by atoms with van der Waals surface area (Å²) in [6, 6.07) is 0. The van der Waals surface area contributed by atoms with Gasteiger partial charge >= 0.3 is 0 Å². The Hall–Kier alpha value is -0.870. The highest BCUT2D eigenvalue weighted by molar-refractivity contribution is 5.77. The van der Waals surface area contributed by atoms with Gasteiger partial charge in [0, 0.05) is 6.54 Å². The van der Waals surface area contributed by atoms with Crippen molar-refractivity contribution in [3.05, 3.63) is 12.2 Å². The van der Waals surface area contributed by atoms with Crippen LogP contribution in [0.15, 0.2) is 12.2 Å². The molecule has 0 aliphatic rings. The second-order valence-electron chi connectivity index (χ2n) is 7.06. The fourth-order valence-corrected chi connectivity index (χ4v) is 2.88. The third-order valence-electron chi connectivity index (χ3n) is 4.48. The highest BCUT2D eigenvalue weighted by atomic mass is 16.5. The summed E-state index contributed by atoms with van der Waals surface area (Å²) in [6.07, 6.45) is 22.8. The molecule has 1 amide bonds. The lowest BCUT2D eigenvalue weighted by Gasteiger charge is -2.05. The summed E-state index contributed by atoms with van der Waals surface area (Å²) in [7, 11) is 0. The van der Waals surface area contributed by atoms with Crippen LogP contribution >= 0.6 is 0 Å². The van der Waals surface area contributed by atoms with Crippen molar-refractivity contribution in [2.75, 3.05) is 26.4 Å². The summed E-state index contributed by atoms with van der Waals surface area (Å²) in [4.78, 5) is 11.4. The van der Waals surface area contributed by atoms with Crippen LogP contribution in [-0.4, -0.2) is 37.4 Å². The van der Waals surface area contributed by atoms with Gasteiger partial charge in [0.1, 0.15) is 6.61 Å². The number of amides is 1. The first-order chi connectivity index (χ1) is 12.8. The minimum absolute atomic E-state index is 0.0395. The van der Waals surface area contributed by atoms with E-state index in [2.05, 4.69) is 24.4 Å². The molecule has 0 unspecified atom stereocenters. The lowest BCUT2D eigenvalue weighted by molar-refractivity contribution is -0.125. The van der Waals surface area contributed by atoms with Crippen molar-refractivity contribution in [3.63, 3.8) is 0 Å². The molecule has 26 heavy (non-hydrogen) atoms. The first-order valence-corrected chi connectivity index (χ1v) is 10.9. The molecule has 0 aliphatic heterocycles. The molecule has 0 aromatic carbocycles. The Bertz CT molecular complexity index is 319. The predicted octanol–water partition coefficient (Wildman–Crippen LogP) is 5.15. The summed E-state index contributed by atoms with van der Waals surface area (Å²) in [5, 5.41) is 11.4. The number of ether oxygens (including phenoxy) is 1. The maximum atomic E-state index is 11.4. The number of aliphatic hydroxyl groups excluding tert-OH is 1.